The van der Waals surface area contributed by atoms with Crippen molar-refractivity contribution in [2.24, 2.45) is 0 Å². The first kappa shape index (κ1) is 15.8. The molecule has 0 saturated carbocycles. The molecule has 2 aromatic rings. The van der Waals surface area contributed by atoms with Crippen LogP contribution in [0.2, 0.25) is 0 Å². The Hall–Kier alpha value is -1.61. The number of hydrogen-bond donors (Lipinski definition) is 1. The Labute approximate surface area is 123 Å². The largest absolute Gasteiger partial charge is 0.369 e. The Morgan fingerprint density at radius 3 is 2.48 bits per heavy atom. The Bertz CT molecular complexity index is 883. The number of hydrogen-bond acceptors (Lipinski definition) is 6. The quantitative estimate of drug-likeness (QED) is 0.851. The van der Waals surface area contributed by atoms with Crippen molar-refractivity contribution in [3.8, 4) is 0 Å². The van der Waals surface area contributed by atoms with Gasteiger partial charge in [0.15, 0.2) is 19.7 Å². The van der Waals surface area contributed by atoms with E-state index >= 15 is 0 Å². The molecule has 0 fully saturated rings. The molecule has 0 radical (unpaired) electrons. The molecule has 21 heavy (non-hydrogen) atoms. The first-order valence-corrected chi connectivity index (χ1v) is 10.0. The van der Waals surface area contributed by atoms with Crippen LogP contribution < -0.4 is 5.73 Å². The number of aryl methyl sites for hydroxylation is 1. The van der Waals surface area contributed by atoms with Gasteiger partial charge in [-0.25, -0.2) is 21.8 Å². The molecule has 0 bridgehead atoms. The van der Waals surface area contributed by atoms with Crippen LogP contribution in [-0.2, 0) is 26.2 Å². The van der Waals surface area contributed by atoms with Crippen LogP contribution in [0.3, 0.4) is 0 Å². The number of rotatable bonds is 5. The number of sulfone groups is 2. The predicted molar refractivity (Wildman–Crippen MR) is 81.6 cm³/mol. The molecule has 0 atom stereocenters. The van der Waals surface area contributed by atoms with Gasteiger partial charge in [0.2, 0.25) is 5.95 Å². The summed E-state index contributed by atoms with van der Waals surface area (Å²) in [7, 11) is -6.57. The van der Waals surface area contributed by atoms with E-state index in [0.717, 1.165) is 6.26 Å². The van der Waals surface area contributed by atoms with Crippen LogP contribution in [0.1, 0.15) is 6.92 Å². The van der Waals surface area contributed by atoms with Crippen molar-refractivity contribution < 1.29 is 16.8 Å². The minimum absolute atomic E-state index is 0.0497. The number of benzene rings is 1. The van der Waals surface area contributed by atoms with Gasteiger partial charge in [-0.1, -0.05) is 13.0 Å². The van der Waals surface area contributed by atoms with E-state index in [1.165, 1.54) is 10.6 Å². The van der Waals surface area contributed by atoms with Gasteiger partial charge in [0.05, 0.1) is 16.2 Å². The smallest absolute Gasteiger partial charge is 0.201 e. The average molecular weight is 331 g/mol. The summed E-state index contributed by atoms with van der Waals surface area (Å²) in [6.07, 6.45) is 1.10. The molecule has 0 spiro atoms. The number of fused-ring (bicyclic) bond motifs is 1. The third kappa shape index (κ3) is 3.18. The number of para-hydroxylation sites is 1. The first-order chi connectivity index (χ1) is 9.65. The van der Waals surface area contributed by atoms with Crippen molar-refractivity contribution in [1.82, 2.24) is 9.55 Å². The normalized spacial score (nSPS) is 12.9. The highest BCUT2D eigenvalue weighted by atomic mass is 32.2. The molecule has 0 unspecified atom stereocenters. The topological polar surface area (TPSA) is 112 Å². The number of aromatic nitrogens is 2. The fourth-order valence-electron chi connectivity index (χ4n) is 2.05. The van der Waals surface area contributed by atoms with Crippen LogP contribution in [-0.4, -0.2) is 44.1 Å². The summed E-state index contributed by atoms with van der Waals surface area (Å²) < 4.78 is 48.2. The summed E-state index contributed by atoms with van der Waals surface area (Å²) in [6.45, 7) is 1.72. The highest BCUT2D eigenvalue weighted by Crippen LogP contribution is 2.24. The van der Waals surface area contributed by atoms with Gasteiger partial charge in [-0.3, -0.25) is 0 Å². The fraction of sp³-hybridized carbons (Fsp3) is 0.417. The molecule has 1 heterocycles. The summed E-state index contributed by atoms with van der Waals surface area (Å²) in [5.41, 5.74) is 6.58. The monoisotopic (exact) mass is 331 g/mol. The Balaban J connectivity index is 2.55. The van der Waals surface area contributed by atoms with Gasteiger partial charge in [0, 0.05) is 18.6 Å². The summed E-state index contributed by atoms with van der Waals surface area (Å²) in [5, 5.41) is 0. The maximum atomic E-state index is 11.7. The van der Waals surface area contributed by atoms with Gasteiger partial charge in [-0.05, 0) is 12.1 Å². The standard InChI is InChI=1S/C12H17N3O4S2/c1-3-21(18,19)8-7-15-9-5-4-6-10(20(2,16)17)11(9)14-12(15)13/h4-6H,3,7-8H2,1-2H3,(H2,13,14). The number of nitrogens with two attached hydrogens (primary N) is 1. The van der Waals surface area contributed by atoms with E-state index in [2.05, 4.69) is 4.98 Å². The van der Waals surface area contributed by atoms with Gasteiger partial charge in [-0.2, -0.15) is 0 Å². The highest BCUT2D eigenvalue weighted by molar-refractivity contribution is 7.91. The molecule has 0 saturated heterocycles. The molecular formula is C12H17N3O4S2. The van der Waals surface area contributed by atoms with Crippen LogP contribution in [0.15, 0.2) is 23.1 Å². The SMILES string of the molecule is CCS(=O)(=O)CCn1c(N)nc2c(S(C)(=O)=O)cccc21. The molecule has 9 heteroatoms. The minimum atomic E-state index is -3.43. The maximum absolute atomic E-state index is 11.7. The van der Waals surface area contributed by atoms with Gasteiger partial charge >= 0.3 is 0 Å². The zero-order chi connectivity index (χ0) is 15.8. The van der Waals surface area contributed by atoms with Crippen molar-refractivity contribution in [2.75, 3.05) is 23.5 Å². The summed E-state index contributed by atoms with van der Waals surface area (Å²) in [4.78, 5) is 4.16. The zero-order valence-electron chi connectivity index (χ0n) is 11.8. The molecule has 0 amide bonds. The molecule has 7 nitrogen and oxygen atoms in total. The molecule has 0 aliphatic heterocycles. The Kier molecular flexibility index (Phi) is 3.98. The van der Waals surface area contributed by atoms with E-state index in [-0.39, 0.29) is 34.4 Å². The van der Waals surface area contributed by atoms with E-state index in [0.29, 0.717) is 5.52 Å². The van der Waals surface area contributed by atoms with E-state index < -0.39 is 19.7 Å². The number of imidazole rings is 1. The molecule has 2 N–H and O–H groups in total. The lowest BCUT2D eigenvalue weighted by molar-refractivity contribution is 0.591. The van der Waals surface area contributed by atoms with Crippen molar-refractivity contribution >= 4 is 36.7 Å². The predicted octanol–water partition coefficient (Wildman–Crippen LogP) is 0.457. The Morgan fingerprint density at radius 2 is 1.90 bits per heavy atom. The second kappa shape index (κ2) is 5.30. The van der Waals surface area contributed by atoms with E-state index in [1.54, 1.807) is 19.1 Å². The van der Waals surface area contributed by atoms with Gasteiger partial charge < -0.3 is 10.3 Å². The third-order valence-corrected chi connectivity index (χ3v) is 6.05. The van der Waals surface area contributed by atoms with Crippen LogP contribution in [0.4, 0.5) is 5.95 Å². The van der Waals surface area contributed by atoms with Gasteiger partial charge in [-0.15, -0.1) is 0 Å². The van der Waals surface area contributed by atoms with Crippen LogP contribution in [0.25, 0.3) is 11.0 Å². The van der Waals surface area contributed by atoms with Crippen molar-refractivity contribution in [3.63, 3.8) is 0 Å². The lowest BCUT2D eigenvalue weighted by Crippen LogP contribution is -2.15. The highest BCUT2D eigenvalue weighted by Gasteiger charge is 2.18. The fourth-order valence-corrected chi connectivity index (χ4v) is 3.62. The molecular weight excluding hydrogens is 314 g/mol. The summed E-state index contributed by atoms with van der Waals surface area (Å²) >= 11 is 0. The van der Waals surface area contributed by atoms with Crippen LogP contribution in [0.5, 0.6) is 0 Å². The lowest BCUT2D eigenvalue weighted by Gasteiger charge is -2.06. The van der Waals surface area contributed by atoms with Crippen molar-refractivity contribution in [2.45, 2.75) is 18.4 Å². The van der Waals surface area contributed by atoms with Crippen molar-refractivity contribution in [3.05, 3.63) is 18.2 Å². The molecule has 0 aliphatic carbocycles. The average Bonchev–Trinajstić information content (AvgIpc) is 2.70. The molecule has 116 valence electrons. The summed E-state index contributed by atoms with van der Waals surface area (Å²) in [5.74, 6) is 0.0866. The Morgan fingerprint density at radius 1 is 1.24 bits per heavy atom. The second-order valence-corrected chi connectivity index (χ2v) is 9.21. The molecule has 1 aromatic carbocycles. The van der Waals surface area contributed by atoms with Gasteiger partial charge in [0.25, 0.3) is 0 Å². The molecule has 2 rings (SSSR count). The zero-order valence-corrected chi connectivity index (χ0v) is 13.4. The second-order valence-electron chi connectivity index (χ2n) is 4.75. The minimum Gasteiger partial charge on any atom is -0.369 e. The summed E-state index contributed by atoms with van der Waals surface area (Å²) in [6, 6.07) is 4.72. The number of anilines is 1. The van der Waals surface area contributed by atoms with Gasteiger partial charge in [0.1, 0.15) is 5.52 Å². The van der Waals surface area contributed by atoms with E-state index in [1.807, 2.05) is 0 Å². The molecule has 0 aliphatic rings. The lowest BCUT2D eigenvalue weighted by atomic mass is 10.3. The molecule has 1 aromatic heterocycles. The first-order valence-electron chi connectivity index (χ1n) is 6.31. The van der Waals surface area contributed by atoms with Crippen LogP contribution >= 0.6 is 0 Å². The maximum Gasteiger partial charge on any atom is 0.201 e. The third-order valence-electron chi connectivity index (χ3n) is 3.24. The number of nitrogen functional groups attached to an aromatic ring is 1. The van der Waals surface area contributed by atoms with E-state index in [4.69, 9.17) is 5.73 Å². The van der Waals surface area contributed by atoms with E-state index in [9.17, 15) is 16.8 Å². The van der Waals surface area contributed by atoms with Crippen molar-refractivity contribution in [1.29, 1.82) is 0 Å². The number of nitrogens with zero attached hydrogens (tertiary/aromatic N) is 2. The van der Waals surface area contributed by atoms with Crippen LogP contribution in [0, 0.1) is 0 Å².